The highest BCUT2D eigenvalue weighted by Crippen LogP contribution is 2.23. The van der Waals surface area contributed by atoms with Gasteiger partial charge in [-0.2, -0.15) is 0 Å². The van der Waals surface area contributed by atoms with Gasteiger partial charge in [0.25, 0.3) is 5.91 Å². The van der Waals surface area contributed by atoms with Gasteiger partial charge in [0.05, 0.1) is 7.11 Å². The van der Waals surface area contributed by atoms with Crippen LogP contribution in [0.25, 0.3) is 0 Å². The van der Waals surface area contributed by atoms with Gasteiger partial charge in [0.2, 0.25) is 5.91 Å². The van der Waals surface area contributed by atoms with Crippen LogP contribution < -0.4 is 15.4 Å². The lowest BCUT2D eigenvalue weighted by Crippen LogP contribution is -2.49. The van der Waals surface area contributed by atoms with Gasteiger partial charge >= 0.3 is 6.09 Å². The van der Waals surface area contributed by atoms with Crippen molar-refractivity contribution in [3.05, 3.63) is 60.2 Å². The SMILES string of the molecule is COc1ccc(NC(=O)[C@@H](NC(=O)[C@@H]2CCCN2C(=O)OC(C)(C)C)c2ccccc2)cc1. The van der Waals surface area contributed by atoms with E-state index in [0.29, 0.717) is 36.4 Å². The third-order valence-electron chi connectivity index (χ3n) is 5.22. The molecule has 0 unspecified atom stereocenters. The molecule has 2 N–H and O–H groups in total. The Morgan fingerprint density at radius 1 is 1.03 bits per heavy atom. The number of nitrogens with one attached hydrogen (secondary N) is 2. The summed E-state index contributed by atoms with van der Waals surface area (Å²) in [7, 11) is 1.57. The number of rotatable bonds is 6. The summed E-state index contributed by atoms with van der Waals surface area (Å²) in [5.41, 5.74) is 0.553. The number of nitrogens with zero attached hydrogens (tertiary/aromatic N) is 1. The monoisotopic (exact) mass is 453 g/mol. The summed E-state index contributed by atoms with van der Waals surface area (Å²) in [5.74, 6) is -0.108. The second kappa shape index (κ2) is 10.4. The van der Waals surface area contributed by atoms with Gasteiger partial charge in [-0.05, 0) is 63.4 Å². The molecule has 1 fully saturated rings. The van der Waals surface area contributed by atoms with Gasteiger partial charge in [-0.3, -0.25) is 14.5 Å². The zero-order valence-electron chi connectivity index (χ0n) is 19.5. The molecule has 1 aliphatic rings. The zero-order chi connectivity index (χ0) is 24.0. The van der Waals surface area contributed by atoms with Crippen LogP contribution in [-0.2, 0) is 14.3 Å². The van der Waals surface area contributed by atoms with Crippen LogP contribution in [0.4, 0.5) is 10.5 Å². The number of carbonyl (C=O) groups is 3. The third-order valence-corrected chi connectivity index (χ3v) is 5.22. The summed E-state index contributed by atoms with van der Waals surface area (Å²) in [5, 5.41) is 5.68. The second-order valence-electron chi connectivity index (χ2n) is 8.90. The first kappa shape index (κ1) is 24.1. The average Bonchev–Trinajstić information content (AvgIpc) is 3.27. The fourth-order valence-corrected chi connectivity index (χ4v) is 3.65. The Morgan fingerprint density at radius 2 is 1.70 bits per heavy atom. The van der Waals surface area contributed by atoms with E-state index in [1.165, 1.54) is 4.90 Å². The van der Waals surface area contributed by atoms with E-state index in [1.54, 1.807) is 76.4 Å². The average molecular weight is 454 g/mol. The van der Waals surface area contributed by atoms with E-state index >= 15 is 0 Å². The molecule has 1 aliphatic heterocycles. The Labute approximate surface area is 194 Å². The van der Waals surface area contributed by atoms with E-state index < -0.39 is 29.7 Å². The minimum atomic E-state index is -0.929. The summed E-state index contributed by atoms with van der Waals surface area (Å²) < 4.78 is 10.6. The molecule has 2 aromatic carbocycles. The van der Waals surface area contributed by atoms with Crippen molar-refractivity contribution in [3.8, 4) is 5.75 Å². The number of likely N-dealkylation sites (tertiary alicyclic amines) is 1. The van der Waals surface area contributed by atoms with E-state index in [4.69, 9.17) is 9.47 Å². The summed E-state index contributed by atoms with van der Waals surface area (Å²) in [6, 6.07) is 14.3. The van der Waals surface area contributed by atoms with E-state index in [0.717, 1.165) is 0 Å². The molecule has 0 spiro atoms. The maximum absolute atomic E-state index is 13.2. The predicted molar refractivity (Wildman–Crippen MR) is 125 cm³/mol. The number of methoxy groups -OCH3 is 1. The van der Waals surface area contributed by atoms with Gasteiger partial charge in [-0.15, -0.1) is 0 Å². The maximum Gasteiger partial charge on any atom is 0.410 e. The smallest absolute Gasteiger partial charge is 0.410 e. The number of anilines is 1. The fourth-order valence-electron chi connectivity index (χ4n) is 3.65. The first-order valence-electron chi connectivity index (χ1n) is 11.0. The molecule has 33 heavy (non-hydrogen) atoms. The van der Waals surface area contributed by atoms with Gasteiger partial charge in [0.15, 0.2) is 0 Å². The van der Waals surface area contributed by atoms with Crippen LogP contribution in [0.3, 0.4) is 0 Å². The normalized spacial score (nSPS) is 16.6. The number of hydrogen-bond acceptors (Lipinski definition) is 5. The van der Waals surface area contributed by atoms with Crippen LogP contribution in [0.2, 0.25) is 0 Å². The van der Waals surface area contributed by atoms with Crippen LogP contribution in [0.1, 0.15) is 45.2 Å². The number of ether oxygens (including phenoxy) is 2. The van der Waals surface area contributed by atoms with Crippen molar-refractivity contribution in [2.75, 3.05) is 19.0 Å². The molecule has 2 atom stereocenters. The van der Waals surface area contributed by atoms with Crippen molar-refractivity contribution in [3.63, 3.8) is 0 Å². The second-order valence-corrected chi connectivity index (χ2v) is 8.90. The van der Waals surface area contributed by atoms with Crippen molar-refractivity contribution in [2.45, 2.75) is 51.3 Å². The minimum absolute atomic E-state index is 0.387. The molecule has 3 rings (SSSR count). The van der Waals surface area contributed by atoms with Crippen LogP contribution in [0.15, 0.2) is 54.6 Å². The summed E-state index contributed by atoms with van der Waals surface area (Å²) >= 11 is 0. The highest BCUT2D eigenvalue weighted by molar-refractivity contribution is 5.99. The molecule has 0 radical (unpaired) electrons. The van der Waals surface area contributed by atoms with Crippen molar-refractivity contribution in [1.82, 2.24) is 10.2 Å². The third kappa shape index (κ3) is 6.47. The van der Waals surface area contributed by atoms with E-state index in [-0.39, 0.29) is 5.91 Å². The highest BCUT2D eigenvalue weighted by Gasteiger charge is 2.38. The van der Waals surface area contributed by atoms with Gasteiger partial charge in [0.1, 0.15) is 23.4 Å². The molecule has 176 valence electrons. The summed E-state index contributed by atoms with van der Waals surface area (Å²) in [4.78, 5) is 40.4. The lowest BCUT2D eigenvalue weighted by molar-refractivity contribution is -0.129. The molecule has 3 amide bonds. The van der Waals surface area contributed by atoms with Gasteiger partial charge in [-0.1, -0.05) is 30.3 Å². The van der Waals surface area contributed by atoms with Crippen LogP contribution in [0.5, 0.6) is 5.75 Å². The zero-order valence-corrected chi connectivity index (χ0v) is 19.5. The molecule has 0 aromatic heterocycles. The minimum Gasteiger partial charge on any atom is -0.497 e. The Kier molecular flexibility index (Phi) is 7.58. The number of amides is 3. The van der Waals surface area contributed by atoms with Crippen molar-refractivity contribution in [2.24, 2.45) is 0 Å². The number of benzene rings is 2. The van der Waals surface area contributed by atoms with Crippen molar-refractivity contribution < 1.29 is 23.9 Å². The number of carbonyl (C=O) groups excluding carboxylic acids is 3. The molecule has 8 nitrogen and oxygen atoms in total. The molecule has 2 aromatic rings. The molecule has 0 saturated carbocycles. The Hall–Kier alpha value is -3.55. The Bertz CT molecular complexity index is 970. The van der Waals surface area contributed by atoms with Gasteiger partial charge in [-0.25, -0.2) is 4.79 Å². The van der Waals surface area contributed by atoms with Crippen LogP contribution >= 0.6 is 0 Å². The fraction of sp³-hybridized carbons (Fsp3) is 0.400. The predicted octanol–water partition coefficient (Wildman–Crippen LogP) is 3.89. The highest BCUT2D eigenvalue weighted by atomic mass is 16.6. The molecular formula is C25H31N3O5. The van der Waals surface area contributed by atoms with Crippen LogP contribution in [-0.4, -0.2) is 48.1 Å². The maximum atomic E-state index is 13.2. The topological polar surface area (TPSA) is 97.0 Å². The van der Waals surface area contributed by atoms with E-state index in [9.17, 15) is 14.4 Å². The standard InChI is InChI=1S/C25H31N3O5/c1-25(2,3)33-24(31)28-16-8-11-20(28)22(29)27-21(17-9-6-5-7-10-17)23(30)26-18-12-14-19(32-4)15-13-18/h5-7,9-10,12-15,20-21H,8,11,16H2,1-4H3,(H,26,30)(H,27,29)/t20-,21-/m0/s1. The Balaban J connectivity index is 1.76. The molecule has 8 heteroatoms. The summed E-state index contributed by atoms with van der Waals surface area (Å²) in [6.07, 6.45) is 0.664. The lowest BCUT2D eigenvalue weighted by atomic mass is 10.0. The first-order valence-corrected chi connectivity index (χ1v) is 11.0. The quantitative estimate of drug-likeness (QED) is 0.692. The number of hydrogen-bond donors (Lipinski definition) is 2. The largest absolute Gasteiger partial charge is 0.497 e. The van der Waals surface area contributed by atoms with E-state index in [2.05, 4.69) is 10.6 Å². The molecular weight excluding hydrogens is 422 g/mol. The van der Waals surface area contributed by atoms with Crippen molar-refractivity contribution >= 4 is 23.6 Å². The van der Waals surface area contributed by atoms with Crippen LogP contribution in [0, 0.1) is 0 Å². The van der Waals surface area contributed by atoms with Gasteiger partial charge < -0.3 is 20.1 Å². The Morgan fingerprint density at radius 3 is 2.30 bits per heavy atom. The van der Waals surface area contributed by atoms with E-state index in [1.807, 2.05) is 6.07 Å². The molecule has 0 aliphatic carbocycles. The first-order chi connectivity index (χ1) is 15.7. The molecule has 0 bridgehead atoms. The molecule has 1 heterocycles. The van der Waals surface area contributed by atoms with Crippen molar-refractivity contribution in [1.29, 1.82) is 0 Å². The summed E-state index contributed by atoms with van der Waals surface area (Å²) in [6.45, 7) is 5.78. The van der Waals surface area contributed by atoms with Gasteiger partial charge in [0, 0.05) is 12.2 Å². The molecule has 1 saturated heterocycles. The lowest BCUT2D eigenvalue weighted by Gasteiger charge is -2.29.